The number of benzene rings is 1. The summed E-state index contributed by atoms with van der Waals surface area (Å²) in [5.41, 5.74) is 11.1. The van der Waals surface area contributed by atoms with E-state index in [1.54, 1.807) is 0 Å². The van der Waals surface area contributed by atoms with Gasteiger partial charge in [0.15, 0.2) is 0 Å². The first-order chi connectivity index (χ1) is 9.42. The summed E-state index contributed by atoms with van der Waals surface area (Å²) >= 11 is 0. The molecular weight excluding hydrogens is 250 g/mol. The van der Waals surface area contributed by atoms with Crippen molar-refractivity contribution in [3.05, 3.63) is 46.8 Å². The molecule has 5 nitrogen and oxygen atoms in total. The second-order valence-electron chi connectivity index (χ2n) is 5.01. The maximum atomic E-state index is 5.95. The van der Waals surface area contributed by atoms with Crippen molar-refractivity contribution in [1.82, 2.24) is 9.97 Å². The third kappa shape index (κ3) is 3.78. The van der Waals surface area contributed by atoms with Crippen LogP contribution in [0.2, 0.25) is 0 Å². The van der Waals surface area contributed by atoms with Gasteiger partial charge in [0, 0.05) is 6.07 Å². The van der Waals surface area contributed by atoms with Crippen LogP contribution in [0.3, 0.4) is 0 Å². The number of guanidine groups is 1. The number of aromatic nitrogens is 2. The van der Waals surface area contributed by atoms with Crippen molar-refractivity contribution in [1.29, 1.82) is 0 Å². The quantitative estimate of drug-likeness (QED) is 0.558. The monoisotopic (exact) mass is 270 g/mol. The van der Waals surface area contributed by atoms with Crippen LogP contribution in [0.4, 0.5) is 11.6 Å². The van der Waals surface area contributed by atoms with E-state index in [1.807, 2.05) is 32.0 Å². The van der Waals surface area contributed by atoms with Crippen LogP contribution in [0, 0.1) is 27.7 Å². The van der Waals surface area contributed by atoms with E-state index in [1.165, 1.54) is 11.1 Å². The minimum atomic E-state index is 0.403. The number of hydrogen-bond acceptors (Lipinski definition) is 2. The highest BCUT2D eigenvalue weighted by Crippen LogP contribution is 2.12. The number of anilines is 1. The number of hydrogen-bond donors (Lipinski definition) is 3. The molecule has 0 bridgehead atoms. The standard InChI is InChI=1S/C15H19N5/c1-9-5-10(2)7-13(6-9)19-14(16)20-15-17-11(3)8-12(4)18-15/h5-8H,1-4H3,(H3,16,17,18,19,20)/p+1. The normalized spacial score (nSPS) is 11.5. The molecule has 1 aromatic heterocycles. The molecule has 0 amide bonds. The van der Waals surface area contributed by atoms with Crippen LogP contribution >= 0.6 is 0 Å². The van der Waals surface area contributed by atoms with Gasteiger partial charge in [0.1, 0.15) is 0 Å². The van der Waals surface area contributed by atoms with Crippen molar-refractivity contribution in [3.8, 4) is 0 Å². The molecular formula is C15H20N5+. The van der Waals surface area contributed by atoms with E-state index >= 15 is 0 Å². The van der Waals surface area contributed by atoms with Crippen LogP contribution in [-0.4, -0.2) is 15.9 Å². The predicted octanol–water partition coefficient (Wildman–Crippen LogP) is 0.849. The SMILES string of the molecule is Cc1cc(C)cc(NC(N)=[NH+]c2nc(C)cc(C)n2)c1. The zero-order valence-electron chi connectivity index (χ0n) is 12.3. The Morgan fingerprint density at radius 1 is 0.950 bits per heavy atom. The molecule has 104 valence electrons. The highest BCUT2D eigenvalue weighted by Gasteiger charge is 2.06. The molecule has 0 spiro atoms. The third-order valence-corrected chi connectivity index (χ3v) is 2.73. The van der Waals surface area contributed by atoms with Gasteiger partial charge >= 0.3 is 5.95 Å². The van der Waals surface area contributed by atoms with Crippen molar-refractivity contribution in [2.75, 3.05) is 5.32 Å². The summed E-state index contributed by atoms with van der Waals surface area (Å²) in [6.07, 6.45) is 0. The van der Waals surface area contributed by atoms with E-state index in [2.05, 4.69) is 40.2 Å². The van der Waals surface area contributed by atoms with Gasteiger partial charge in [0.05, 0.1) is 17.1 Å². The molecule has 0 aliphatic heterocycles. The lowest BCUT2D eigenvalue weighted by atomic mass is 10.1. The summed E-state index contributed by atoms with van der Waals surface area (Å²) in [4.78, 5) is 11.5. The molecule has 1 aromatic carbocycles. The topological polar surface area (TPSA) is 77.8 Å². The Labute approximate surface area is 119 Å². The van der Waals surface area contributed by atoms with Crippen molar-refractivity contribution in [2.45, 2.75) is 27.7 Å². The summed E-state index contributed by atoms with van der Waals surface area (Å²) in [7, 11) is 0. The highest BCUT2D eigenvalue weighted by atomic mass is 15.2. The Balaban J connectivity index is 2.22. The van der Waals surface area contributed by atoms with Crippen LogP contribution in [0.15, 0.2) is 24.3 Å². The summed E-state index contributed by atoms with van der Waals surface area (Å²) in [5, 5.41) is 3.11. The number of nitrogens with zero attached hydrogens (tertiary/aromatic N) is 2. The lowest BCUT2D eigenvalue weighted by Gasteiger charge is -2.04. The Morgan fingerprint density at radius 2 is 1.50 bits per heavy atom. The first kappa shape index (κ1) is 14.0. The lowest BCUT2D eigenvalue weighted by molar-refractivity contribution is -0.365. The van der Waals surface area contributed by atoms with Crippen LogP contribution < -0.4 is 16.0 Å². The maximum absolute atomic E-state index is 5.95. The van der Waals surface area contributed by atoms with Gasteiger partial charge in [0.25, 0.3) is 5.96 Å². The van der Waals surface area contributed by atoms with Gasteiger partial charge in [-0.3, -0.25) is 5.32 Å². The van der Waals surface area contributed by atoms with Crippen molar-refractivity contribution in [3.63, 3.8) is 0 Å². The van der Waals surface area contributed by atoms with E-state index in [-0.39, 0.29) is 0 Å². The average molecular weight is 270 g/mol. The van der Waals surface area contributed by atoms with E-state index in [0.29, 0.717) is 11.9 Å². The molecule has 2 rings (SSSR count). The highest BCUT2D eigenvalue weighted by molar-refractivity contribution is 5.88. The molecule has 2 aromatic rings. The van der Waals surface area contributed by atoms with Crippen LogP contribution in [0.1, 0.15) is 22.5 Å². The zero-order chi connectivity index (χ0) is 14.7. The Hall–Kier alpha value is -2.43. The minimum Gasteiger partial charge on any atom is -0.322 e. The molecule has 0 saturated carbocycles. The van der Waals surface area contributed by atoms with E-state index in [4.69, 9.17) is 5.73 Å². The molecule has 0 aliphatic carbocycles. The second kappa shape index (κ2) is 5.69. The fourth-order valence-electron chi connectivity index (χ4n) is 2.14. The summed E-state index contributed by atoms with van der Waals surface area (Å²) in [5.74, 6) is 0.900. The fourth-order valence-corrected chi connectivity index (χ4v) is 2.14. The molecule has 1 heterocycles. The Kier molecular flexibility index (Phi) is 3.98. The molecule has 0 aliphatic rings. The third-order valence-electron chi connectivity index (χ3n) is 2.73. The largest absolute Gasteiger partial charge is 0.354 e. The van der Waals surface area contributed by atoms with Crippen molar-refractivity contribution >= 4 is 17.6 Å². The molecule has 5 heteroatoms. The molecule has 0 atom stereocenters. The van der Waals surface area contributed by atoms with Gasteiger partial charge in [-0.1, -0.05) is 6.07 Å². The molecule has 20 heavy (non-hydrogen) atoms. The molecule has 4 N–H and O–H groups in total. The fraction of sp³-hybridized carbons (Fsp3) is 0.267. The van der Waals surface area contributed by atoms with Crippen LogP contribution in [-0.2, 0) is 0 Å². The summed E-state index contributed by atoms with van der Waals surface area (Å²) in [6.45, 7) is 7.95. The summed E-state index contributed by atoms with van der Waals surface area (Å²) < 4.78 is 0. The first-order valence-electron chi connectivity index (χ1n) is 6.49. The molecule has 0 saturated heterocycles. The number of nitrogens with one attached hydrogen (secondary N) is 2. The van der Waals surface area contributed by atoms with E-state index in [9.17, 15) is 0 Å². The second-order valence-corrected chi connectivity index (χ2v) is 5.01. The maximum Gasteiger partial charge on any atom is 0.354 e. The van der Waals surface area contributed by atoms with Gasteiger partial charge in [0.2, 0.25) is 0 Å². The Bertz CT molecular complexity index is 621. The summed E-state index contributed by atoms with van der Waals surface area (Å²) in [6, 6.07) is 8.09. The molecule has 0 radical (unpaired) electrons. The number of aryl methyl sites for hydroxylation is 4. The van der Waals surface area contributed by atoms with Crippen LogP contribution in [0.25, 0.3) is 0 Å². The molecule has 0 fully saturated rings. The van der Waals surface area contributed by atoms with Gasteiger partial charge in [-0.05, 0) is 51.0 Å². The smallest absolute Gasteiger partial charge is 0.322 e. The van der Waals surface area contributed by atoms with E-state index in [0.717, 1.165) is 17.1 Å². The van der Waals surface area contributed by atoms with Crippen molar-refractivity contribution in [2.24, 2.45) is 5.73 Å². The van der Waals surface area contributed by atoms with Gasteiger partial charge < -0.3 is 5.73 Å². The number of rotatable bonds is 2. The van der Waals surface area contributed by atoms with Crippen molar-refractivity contribution < 1.29 is 4.99 Å². The van der Waals surface area contributed by atoms with E-state index < -0.39 is 0 Å². The lowest BCUT2D eigenvalue weighted by Crippen LogP contribution is -2.72. The van der Waals surface area contributed by atoms with Gasteiger partial charge in [-0.25, -0.2) is 4.99 Å². The van der Waals surface area contributed by atoms with Gasteiger partial charge in [-0.15, -0.1) is 9.97 Å². The first-order valence-corrected chi connectivity index (χ1v) is 6.49. The minimum absolute atomic E-state index is 0.403. The van der Waals surface area contributed by atoms with Gasteiger partial charge in [-0.2, -0.15) is 0 Å². The predicted molar refractivity (Wildman–Crippen MR) is 80.9 cm³/mol. The zero-order valence-corrected chi connectivity index (χ0v) is 12.3. The van der Waals surface area contributed by atoms with Crippen LogP contribution in [0.5, 0.6) is 0 Å². The average Bonchev–Trinajstić information content (AvgIpc) is 2.24. The Morgan fingerprint density at radius 3 is 2.05 bits per heavy atom. The molecule has 0 unspecified atom stereocenters. The number of nitrogens with two attached hydrogens (primary N) is 1.